The van der Waals surface area contributed by atoms with Gasteiger partial charge in [-0.05, 0) is 18.1 Å². The molecule has 1 saturated heterocycles. The van der Waals surface area contributed by atoms with E-state index in [4.69, 9.17) is 4.74 Å². The number of anilines is 3. The van der Waals surface area contributed by atoms with Crippen molar-refractivity contribution >= 4 is 23.2 Å². The third kappa shape index (κ3) is 4.70. The lowest BCUT2D eigenvalue weighted by Crippen LogP contribution is -2.36. The summed E-state index contributed by atoms with van der Waals surface area (Å²) in [5, 5.41) is 6.11. The van der Waals surface area contributed by atoms with Crippen LogP contribution in [0.25, 0.3) is 0 Å². The van der Waals surface area contributed by atoms with Crippen molar-refractivity contribution in [3.8, 4) is 0 Å². The number of hydrogen-bond acceptors (Lipinski definition) is 6. The first-order chi connectivity index (χ1) is 12.6. The molecule has 2 heterocycles. The average Bonchev–Trinajstić information content (AvgIpc) is 2.68. The fourth-order valence-electron chi connectivity index (χ4n) is 2.69. The molecule has 2 aromatic rings. The Hall–Kier alpha value is -2.67. The third-order valence-electron chi connectivity index (χ3n) is 4.09. The number of ether oxygens (including phenoxy) is 1. The van der Waals surface area contributed by atoms with E-state index in [0.717, 1.165) is 31.0 Å². The maximum atomic E-state index is 12.6. The predicted molar refractivity (Wildman–Crippen MR) is 103 cm³/mol. The van der Waals surface area contributed by atoms with E-state index in [9.17, 15) is 4.79 Å². The minimum atomic E-state index is -0.221. The molecular weight excluding hydrogens is 330 g/mol. The Morgan fingerprint density at radius 1 is 1.19 bits per heavy atom. The fourth-order valence-corrected chi connectivity index (χ4v) is 2.69. The Labute approximate surface area is 153 Å². The van der Waals surface area contributed by atoms with Crippen molar-refractivity contribution in [2.24, 2.45) is 5.92 Å². The quantitative estimate of drug-likeness (QED) is 0.829. The predicted octanol–water partition coefficient (Wildman–Crippen LogP) is 2.63. The summed E-state index contributed by atoms with van der Waals surface area (Å²) in [4.78, 5) is 23.2. The molecular formula is C19H25N5O2. The maximum Gasteiger partial charge on any atom is 0.258 e. The van der Waals surface area contributed by atoms with Crippen molar-refractivity contribution in [3.05, 3.63) is 42.2 Å². The Balaban J connectivity index is 1.68. The molecule has 138 valence electrons. The van der Waals surface area contributed by atoms with Gasteiger partial charge in [0.15, 0.2) is 0 Å². The number of amides is 1. The molecule has 7 nitrogen and oxygen atoms in total. The van der Waals surface area contributed by atoms with Gasteiger partial charge in [0.2, 0.25) is 5.95 Å². The topological polar surface area (TPSA) is 79.4 Å². The van der Waals surface area contributed by atoms with Crippen LogP contribution in [0.5, 0.6) is 0 Å². The van der Waals surface area contributed by atoms with Crippen molar-refractivity contribution in [2.75, 3.05) is 48.4 Å². The molecule has 0 spiro atoms. The number of morpholine rings is 1. The van der Waals surface area contributed by atoms with Crippen LogP contribution in [-0.4, -0.2) is 48.7 Å². The average molecular weight is 355 g/mol. The van der Waals surface area contributed by atoms with Gasteiger partial charge < -0.3 is 20.3 Å². The monoisotopic (exact) mass is 355 g/mol. The van der Waals surface area contributed by atoms with Crippen LogP contribution in [0.1, 0.15) is 24.2 Å². The summed E-state index contributed by atoms with van der Waals surface area (Å²) in [7, 11) is 0. The number of benzene rings is 1. The van der Waals surface area contributed by atoms with Crippen LogP contribution in [0, 0.1) is 5.92 Å². The molecule has 1 aromatic carbocycles. The van der Waals surface area contributed by atoms with Gasteiger partial charge in [0.05, 0.1) is 30.2 Å². The fraction of sp³-hybridized carbons (Fsp3) is 0.421. The molecule has 1 aromatic heterocycles. The van der Waals surface area contributed by atoms with E-state index in [1.165, 1.54) is 0 Å². The van der Waals surface area contributed by atoms with Crippen molar-refractivity contribution in [2.45, 2.75) is 13.8 Å². The van der Waals surface area contributed by atoms with Crippen LogP contribution in [0.2, 0.25) is 0 Å². The van der Waals surface area contributed by atoms with E-state index in [2.05, 4.69) is 39.3 Å². The molecule has 7 heteroatoms. The molecule has 26 heavy (non-hydrogen) atoms. The zero-order chi connectivity index (χ0) is 18.4. The molecule has 0 unspecified atom stereocenters. The zero-order valence-corrected chi connectivity index (χ0v) is 15.2. The molecule has 3 rings (SSSR count). The van der Waals surface area contributed by atoms with Gasteiger partial charge >= 0.3 is 0 Å². The lowest BCUT2D eigenvalue weighted by atomic mass is 10.2. The van der Waals surface area contributed by atoms with Gasteiger partial charge in [0.1, 0.15) is 0 Å². The highest BCUT2D eigenvalue weighted by atomic mass is 16.5. The maximum absolute atomic E-state index is 12.6. The SMILES string of the molecule is CC(C)CNc1ncc(C(=O)Nc2ccccc2N2CCOCC2)cn1. The lowest BCUT2D eigenvalue weighted by molar-refractivity contribution is 0.102. The number of nitrogens with one attached hydrogen (secondary N) is 2. The molecule has 0 radical (unpaired) electrons. The first-order valence-electron chi connectivity index (χ1n) is 8.92. The summed E-state index contributed by atoms with van der Waals surface area (Å²) < 4.78 is 5.41. The van der Waals surface area contributed by atoms with Gasteiger partial charge in [-0.2, -0.15) is 0 Å². The van der Waals surface area contributed by atoms with Gasteiger partial charge in [0.25, 0.3) is 5.91 Å². The molecule has 0 atom stereocenters. The Bertz CT molecular complexity index is 727. The number of para-hydroxylation sites is 2. The van der Waals surface area contributed by atoms with Crippen LogP contribution in [0.4, 0.5) is 17.3 Å². The van der Waals surface area contributed by atoms with Crippen LogP contribution in [0.15, 0.2) is 36.7 Å². The molecule has 1 amide bonds. The number of aromatic nitrogens is 2. The first-order valence-corrected chi connectivity index (χ1v) is 8.92. The Morgan fingerprint density at radius 2 is 1.88 bits per heavy atom. The van der Waals surface area contributed by atoms with Crippen molar-refractivity contribution < 1.29 is 9.53 Å². The van der Waals surface area contributed by atoms with Crippen LogP contribution >= 0.6 is 0 Å². The van der Waals surface area contributed by atoms with Gasteiger partial charge in [0, 0.05) is 32.0 Å². The summed E-state index contributed by atoms with van der Waals surface area (Å²) in [6.07, 6.45) is 3.09. The van der Waals surface area contributed by atoms with Crippen molar-refractivity contribution in [3.63, 3.8) is 0 Å². The Morgan fingerprint density at radius 3 is 2.58 bits per heavy atom. The highest BCUT2D eigenvalue weighted by molar-refractivity contribution is 6.05. The molecule has 1 aliphatic heterocycles. The molecule has 0 aliphatic carbocycles. The molecule has 1 aliphatic rings. The summed E-state index contributed by atoms with van der Waals surface area (Å²) in [6.45, 7) is 8.03. The van der Waals surface area contributed by atoms with Crippen LogP contribution < -0.4 is 15.5 Å². The van der Waals surface area contributed by atoms with Crippen molar-refractivity contribution in [1.82, 2.24) is 9.97 Å². The summed E-state index contributed by atoms with van der Waals surface area (Å²) >= 11 is 0. The first kappa shape index (κ1) is 18.1. The van der Waals surface area contributed by atoms with E-state index >= 15 is 0 Å². The van der Waals surface area contributed by atoms with E-state index in [1.54, 1.807) is 12.4 Å². The van der Waals surface area contributed by atoms with Crippen LogP contribution in [-0.2, 0) is 4.74 Å². The summed E-state index contributed by atoms with van der Waals surface area (Å²) in [5.74, 6) is 0.809. The smallest absolute Gasteiger partial charge is 0.258 e. The van der Waals surface area contributed by atoms with E-state index < -0.39 is 0 Å². The third-order valence-corrected chi connectivity index (χ3v) is 4.09. The second-order valence-corrected chi connectivity index (χ2v) is 6.64. The molecule has 2 N–H and O–H groups in total. The van der Waals surface area contributed by atoms with Gasteiger partial charge in [-0.1, -0.05) is 26.0 Å². The lowest BCUT2D eigenvalue weighted by Gasteiger charge is -2.30. The number of carbonyl (C=O) groups is 1. The van der Waals surface area contributed by atoms with E-state index in [-0.39, 0.29) is 5.91 Å². The number of nitrogens with zero attached hydrogens (tertiary/aromatic N) is 3. The minimum Gasteiger partial charge on any atom is -0.378 e. The zero-order valence-electron chi connectivity index (χ0n) is 15.2. The Kier molecular flexibility index (Phi) is 6.01. The molecule has 0 saturated carbocycles. The summed E-state index contributed by atoms with van der Waals surface area (Å²) in [5.41, 5.74) is 2.21. The summed E-state index contributed by atoms with van der Waals surface area (Å²) in [6, 6.07) is 7.80. The second-order valence-electron chi connectivity index (χ2n) is 6.64. The highest BCUT2D eigenvalue weighted by Gasteiger charge is 2.16. The van der Waals surface area contributed by atoms with E-state index in [0.29, 0.717) is 30.6 Å². The van der Waals surface area contributed by atoms with E-state index in [1.807, 2.05) is 24.3 Å². The number of carbonyl (C=O) groups excluding carboxylic acids is 1. The second kappa shape index (κ2) is 8.62. The van der Waals surface area contributed by atoms with Crippen molar-refractivity contribution in [1.29, 1.82) is 0 Å². The van der Waals surface area contributed by atoms with Crippen LogP contribution in [0.3, 0.4) is 0 Å². The van der Waals surface area contributed by atoms with Gasteiger partial charge in [-0.3, -0.25) is 4.79 Å². The molecule has 1 fully saturated rings. The molecule has 0 bridgehead atoms. The highest BCUT2D eigenvalue weighted by Crippen LogP contribution is 2.26. The largest absolute Gasteiger partial charge is 0.378 e. The standard InChI is InChI=1S/C19H25N5O2/c1-14(2)11-20-19-21-12-15(13-22-19)18(25)23-16-5-3-4-6-17(16)24-7-9-26-10-8-24/h3-6,12-14H,7-11H2,1-2H3,(H,23,25)(H,20,21,22). The van der Waals surface area contributed by atoms with Gasteiger partial charge in [-0.25, -0.2) is 9.97 Å². The normalized spacial score (nSPS) is 14.3. The minimum absolute atomic E-state index is 0.221. The number of hydrogen-bond donors (Lipinski definition) is 2. The number of rotatable bonds is 6. The van der Waals surface area contributed by atoms with Gasteiger partial charge in [-0.15, -0.1) is 0 Å².